The molecule has 6 heteroatoms. The van der Waals surface area contributed by atoms with Crippen molar-refractivity contribution in [1.29, 1.82) is 0 Å². The average molecular weight is 329 g/mol. The van der Waals surface area contributed by atoms with E-state index in [1.165, 1.54) is 12.1 Å². The highest BCUT2D eigenvalue weighted by Gasteiger charge is 2.36. The quantitative estimate of drug-likeness (QED) is 0.631. The number of hydrogen-bond donors (Lipinski definition) is 0. The highest BCUT2D eigenvalue weighted by atomic mass is 19.1. The van der Waals surface area contributed by atoms with E-state index in [2.05, 4.69) is 11.9 Å². The van der Waals surface area contributed by atoms with E-state index in [1.54, 1.807) is 6.07 Å². The Balaban J connectivity index is 1.62. The lowest BCUT2D eigenvalue weighted by Gasteiger charge is -2.00. The van der Waals surface area contributed by atoms with Crippen molar-refractivity contribution in [2.45, 2.75) is 19.3 Å². The Morgan fingerprint density at radius 3 is 2.75 bits per heavy atom. The van der Waals surface area contributed by atoms with Crippen LogP contribution in [0.15, 0.2) is 45.4 Å². The standard InChI is InChI=1S/C18H13F2NO3/c1-9-6-13(9)16-5-3-11(23-16)8-15-18(22)24-17(21-15)12-4-2-10(19)7-14(12)20/h2-5,7-9,13H,6H2,1H3/b15-8-. The topological polar surface area (TPSA) is 51.8 Å². The Hall–Kier alpha value is -2.76. The molecule has 4 rings (SSSR count). The molecule has 1 aliphatic heterocycles. The van der Waals surface area contributed by atoms with Gasteiger partial charge in [0.05, 0.1) is 5.56 Å². The Labute approximate surface area is 136 Å². The molecule has 0 radical (unpaired) electrons. The molecule has 24 heavy (non-hydrogen) atoms. The molecule has 2 heterocycles. The predicted molar refractivity (Wildman–Crippen MR) is 82.2 cm³/mol. The highest BCUT2D eigenvalue weighted by Crippen LogP contribution is 2.47. The number of hydrogen-bond acceptors (Lipinski definition) is 4. The number of aliphatic imine (C=N–C) groups is 1. The summed E-state index contributed by atoms with van der Waals surface area (Å²) in [5, 5.41) is 0. The van der Waals surface area contributed by atoms with Crippen LogP contribution in [0.3, 0.4) is 0 Å². The number of carbonyl (C=O) groups excluding carboxylic acids is 1. The number of halogens is 2. The number of esters is 1. The van der Waals surface area contributed by atoms with Gasteiger partial charge in [-0.3, -0.25) is 0 Å². The summed E-state index contributed by atoms with van der Waals surface area (Å²) in [6.07, 6.45) is 2.55. The summed E-state index contributed by atoms with van der Waals surface area (Å²) in [5.74, 6) is -0.0349. The van der Waals surface area contributed by atoms with E-state index >= 15 is 0 Å². The van der Waals surface area contributed by atoms with E-state index in [9.17, 15) is 13.6 Å². The van der Waals surface area contributed by atoms with Gasteiger partial charge in [-0.25, -0.2) is 18.6 Å². The molecule has 2 aliphatic rings. The van der Waals surface area contributed by atoms with Crippen LogP contribution in [0, 0.1) is 17.6 Å². The zero-order valence-electron chi connectivity index (χ0n) is 12.8. The second kappa shape index (κ2) is 5.40. The maximum Gasteiger partial charge on any atom is 0.363 e. The van der Waals surface area contributed by atoms with E-state index < -0.39 is 17.6 Å². The third-order valence-electron chi connectivity index (χ3n) is 4.18. The Kier molecular flexibility index (Phi) is 3.33. The number of nitrogens with zero attached hydrogens (tertiary/aromatic N) is 1. The van der Waals surface area contributed by atoms with Crippen molar-refractivity contribution in [3.8, 4) is 0 Å². The minimum absolute atomic E-state index is 0.0125. The van der Waals surface area contributed by atoms with Crippen molar-refractivity contribution in [3.63, 3.8) is 0 Å². The van der Waals surface area contributed by atoms with Crippen LogP contribution in [0.25, 0.3) is 6.08 Å². The normalized spacial score (nSPS) is 24.2. The maximum absolute atomic E-state index is 13.8. The molecule has 0 amide bonds. The molecule has 2 unspecified atom stereocenters. The van der Waals surface area contributed by atoms with Crippen LogP contribution in [-0.2, 0) is 9.53 Å². The predicted octanol–water partition coefficient (Wildman–Crippen LogP) is 4.03. The monoisotopic (exact) mass is 329 g/mol. The van der Waals surface area contributed by atoms with Gasteiger partial charge in [0.15, 0.2) is 5.70 Å². The molecule has 1 saturated carbocycles. The summed E-state index contributed by atoms with van der Waals surface area (Å²) in [6.45, 7) is 2.15. The molecule has 1 aromatic carbocycles. The van der Waals surface area contributed by atoms with Gasteiger partial charge in [-0.15, -0.1) is 0 Å². The molecule has 122 valence electrons. The first kappa shape index (κ1) is 14.8. The summed E-state index contributed by atoms with van der Waals surface area (Å²) in [6, 6.07) is 6.60. The van der Waals surface area contributed by atoms with E-state index in [0.29, 0.717) is 23.7 Å². The Bertz CT molecular complexity index is 897. The lowest BCUT2D eigenvalue weighted by molar-refractivity contribution is -0.129. The molecule has 1 aliphatic carbocycles. The smallest absolute Gasteiger partial charge is 0.363 e. The second-order valence-electron chi connectivity index (χ2n) is 6.02. The first-order valence-corrected chi connectivity index (χ1v) is 7.59. The first-order chi connectivity index (χ1) is 11.5. The SMILES string of the molecule is CC1CC1c1ccc(/C=C2\N=C(c3ccc(F)cc3F)OC2=O)o1. The zero-order valence-corrected chi connectivity index (χ0v) is 12.8. The van der Waals surface area contributed by atoms with Gasteiger partial charge in [0.25, 0.3) is 0 Å². The van der Waals surface area contributed by atoms with Crippen molar-refractivity contribution < 1.29 is 22.7 Å². The Morgan fingerprint density at radius 1 is 1.25 bits per heavy atom. The third-order valence-corrected chi connectivity index (χ3v) is 4.18. The molecule has 0 saturated heterocycles. The van der Waals surface area contributed by atoms with Gasteiger partial charge in [-0.1, -0.05) is 6.92 Å². The second-order valence-corrected chi connectivity index (χ2v) is 6.02. The largest absolute Gasteiger partial charge is 0.461 e. The fourth-order valence-electron chi connectivity index (χ4n) is 2.69. The van der Waals surface area contributed by atoms with Crippen LogP contribution in [-0.4, -0.2) is 11.9 Å². The van der Waals surface area contributed by atoms with Gasteiger partial charge in [-0.2, -0.15) is 0 Å². The van der Waals surface area contributed by atoms with Gasteiger partial charge >= 0.3 is 5.97 Å². The van der Waals surface area contributed by atoms with E-state index in [0.717, 1.165) is 18.2 Å². The number of rotatable bonds is 3. The minimum atomic E-state index is -0.842. The molecular formula is C18H13F2NO3. The lowest BCUT2D eigenvalue weighted by atomic mass is 10.2. The van der Waals surface area contributed by atoms with Crippen molar-refractivity contribution >= 4 is 17.9 Å². The molecular weight excluding hydrogens is 316 g/mol. The van der Waals surface area contributed by atoms with Gasteiger partial charge in [-0.05, 0) is 36.6 Å². The van der Waals surface area contributed by atoms with E-state index in [-0.39, 0.29) is 17.2 Å². The number of cyclic esters (lactones) is 1. The van der Waals surface area contributed by atoms with E-state index in [4.69, 9.17) is 9.15 Å². The fraction of sp³-hybridized carbons (Fsp3) is 0.222. The molecule has 2 aromatic rings. The van der Waals surface area contributed by atoms with Crippen molar-refractivity contribution in [1.82, 2.24) is 0 Å². The van der Waals surface area contributed by atoms with E-state index in [1.807, 2.05) is 6.07 Å². The number of ether oxygens (including phenoxy) is 1. The lowest BCUT2D eigenvalue weighted by Crippen LogP contribution is -2.07. The van der Waals surface area contributed by atoms with Gasteiger partial charge < -0.3 is 9.15 Å². The zero-order chi connectivity index (χ0) is 16.8. The number of furan rings is 1. The van der Waals surface area contributed by atoms with Crippen molar-refractivity contribution in [2.24, 2.45) is 10.9 Å². The summed E-state index contributed by atoms with van der Waals surface area (Å²) in [7, 11) is 0. The van der Waals surface area contributed by atoms with Gasteiger partial charge in [0, 0.05) is 18.1 Å². The minimum Gasteiger partial charge on any atom is -0.461 e. The first-order valence-electron chi connectivity index (χ1n) is 7.59. The summed E-state index contributed by atoms with van der Waals surface area (Å²) in [4.78, 5) is 15.9. The summed E-state index contributed by atoms with van der Waals surface area (Å²) in [5.41, 5.74) is -0.0569. The summed E-state index contributed by atoms with van der Waals surface area (Å²) < 4.78 is 37.4. The maximum atomic E-state index is 13.8. The van der Waals surface area contributed by atoms with Crippen molar-refractivity contribution in [3.05, 3.63) is 64.7 Å². The van der Waals surface area contributed by atoms with Crippen molar-refractivity contribution in [2.75, 3.05) is 0 Å². The van der Waals surface area contributed by atoms with Crippen LogP contribution in [0.1, 0.15) is 36.3 Å². The molecule has 0 bridgehead atoms. The summed E-state index contributed by atoms with van der Waals surface area (Å²) >= 11 is 0. The van der Waals surface area contributed by atoms with Crippen LogP contribution in [0.2, 0.25) is 0 Å². The van der Waals surface area contributed by atoms with Crippen LogP contribution in [0.5, 0.6) is 0 Å². The number of benzene rings is 1. The fourth-order valence-corrected chi connectivity index (χ4v) is 2.69. The van der Waals surface area contributed by atoms with Crippen LogP contribution in [0.4, 0.5) is 8.78 Å². The molecule has 4 nitrogen and oxygen atoms in total. The third kappa shape index (κ3) is 2.64. The van der Waals surface area contributed by atoms with Crippen LogP contribution >= 0.6 is 0 Å². The molecule has 1 aromatic heterocycles. The Morgan fingerprint density at radius 2 is 2.04 bits per heavy atom. The van der Waals surface area contributed by atoms with Gasteiger partial charge in [0.2, 0.25) is 5.90 Å². The average Bonchev–Trinajstić information content (AvgIpc) is 2.93. The molecule has 0 N–H and O–H groups in total. The highest BCUT2D eigenvalue weighted by molar-refractivity contribution is 6.12. The molecule has 2 atom stereocenters. The van der Waals surface area contributed by atoms with Gasteiger partial charge in [0.1, 0.15) is 23.2 Å². The molecule has 0 spiro atoms. The van der Waals surface area contributed by atoms with Crippen LogP contribution < -0.4 is 0 Å². The number of carbonyl (C=O) groups is 1. The molecule has 1 fully saturated rings.